The normalized spacial score (nSPS) is 12.0. The van der Waals surface area contributed by atoms with Crippen LogP contribution in [0.15, 0.2) is 41.1 Å². The quantitative estimate of drug-likeness (QED) is 0.720. The Hall–Kier alpha value is -3.16. The van der Waals surface area contributed by atoms with E-state index in [1.807, 2.05) is 42.9 Å². The van der Waals surface area contributed by atoms with Crippen LogP contribution in [0.1, 0.15) is 42.7 Å². The average molecular weight is 368 g/mol. The SMILES string of the molecule is CCc1noc(CN(C)C(=O)Nc2nn([C@H](C)c3ccccc3)cc2C)n1. The summed E-state index contributed by atoms with van der Waals surface area (Å²) in [6.45, 7) is 6.17. The molecule has 0 saturated carbocycles. The summed E-state index contributed by atoms with van der Waals surface area (Å²) in [5.74, 6) is 1.57. The Balaban J connectivity index is 1.66. The molecule has 8 heteroatoms. The van der Waals surface area contributed by atoms with Gasteiger partial charge < -0.3 is 9.42 Å². The summed E-state index contributed by atoms with van der Waals surface area (Å²) in [5.41, 5.74) is 2.05. The lowest BCUT2D eigenvalue weighted by molar-refractivity contribution is 0.213. The Labute approximate surface area is 158 Å². The summed E-state index contributed by atoms with van der Waals surface area (Å²) < 4.78 is 6.99. The molecule has 0 unspecified atom stereocenters. The van der Waals surface area contributed by atoms with Crippen LogP contribution in [0.2, 0.25) is 0 Å². The summed E-state index contributed by atoms with van der Waals surface area (Å²) >= 11 is 0. The molecule has 8 nitrogen and oxygen atoms in total. The zero-order valence-electron chi connectivity index (χ0n) is 16.0. The number of hydrogen-bond acceptors (Lipinski definition) is 5. The minimum Gasteiger partial charge on any atom is -0.337 e. The number of hydrogen-bond donors (Lipinski definition) is 1. The number of nitrogens with one attached hydrogen (secondary N) is 1. The lowest BCUT2D eigenvalue weighted by Gasteiger charge is -2.15. The summed E-state index contributed by atoms with van der Waals surface area (Å²) in [4.78, 5) is 18.2. The molecule has 142 valence electrons. The second-order valence-electron chi connectivity index (χ2n) is 6.47. The number of anilines is 1. The molecule has 3 rings (SSSR count). The fourth-order valence-corrected chi connectivity index (χ4v) is 2.66. The Kier molecular flexibility index (Phi) is 5.54. The predicted molar refractivity (Wildman–Crippen MR) is 101 cm³/mol. The van der Waals surface area contributed by atoms with Crippen molar-refractivity contribution in [1.29, 1.82) is 0 Å². The maximum atomic E-state index is 12.5. The first-order valence-corrected chi connectivity index (χ1v) is 8.92. The summed E-state index contributed by atoms with van der Waals surface area (Å²) in [6, 6.07) is 9.89. The molecule has 3 aromatic rings. The topological polar surface area (TPSA) is 89.1 Å². The monoisotopic (exact) mass is 368 g/mol. The van der Waals surface area contributed by atoms with Gasteiger partial charge in [0.2, 0.25) is 5.89 Å². The van der Waals surface area contributed by atoms with Crippen LogP contribution in [-0.4, -0.2) is 37.9 Å². The minimum absolute atomic E-state index is 0.0686. The maximum absolute atomic E-state index is 12.5. The highest BCUT2D eigenvalue weighted by atomic mass is 16.5. The van der Waals surface area contributed by atoms with Crippen molar-refractivity contribution in [2.24, 2.45) is 0 Å². The molecule has 2 amide bonds. The van der Waals surface area contributed by atoms with Gasteiger partial charge in [-0.25, -0.2) is 4.79 Å². The number of aromatic nitrogens is 4. The molecule has 2 heterocycles. The molecule has 0 bridgehead atoms. The molecular formula is C19H24N6O2. The van der Waals surface area contributed by atoms with Crippen LogP contribution < -0.4 is 5.32 Å². The van der Waals surface area contributed by atoms with E-state index in [-0.39, 0.29) is 18.6 Å². The highest BCUT2D eigenvalue weighted by Crippen LogP contribution is 2.21. The van der Waals surface area contributed by atoms with Crippen molar-refractivity contribution in [1.82, 2.24) is 24.8 Å². The zero-order chi connectivity index (χ0) is 19.4. The van der Waals surface area contributed by atoms with Gasteiger partial charge in [0.15, 0.2) is 11.6 Å². The number of carbonyl (C=O) groups excluding carboxylic acids is 1. The molecule has 0 saturated heterocycles. The molecule has 0 fully saturated rings. The number of aryl methyl sites for hydroxylation is 2. The Morgan fingerprint density at radius 2 is 2.07 bits per heavy atom. The average Bonchev–Trinajstić information content (AvgIpc) is 3.28. The van der Waals surface area contributed by atoms with Gasteiger partial charge in [-0.3, -0.25) is 10.00 Å². The smallest absolute Gasteiger partial charge is 0.323 e. The predicted octanol–water partition coefficient (Wildman–Crippen LogP) is 3.41. The molecule has 1 atom stereocenters. The first-order valence-electron chi connectivity index (χ1n) is 8.92. The zero-order valence-corrected chi connectivity index (χ0v) is 16.0. The van der Waals surface area contributed by atoms with Crippen molar-refractivity contribution in [2.45, 2.75) is 39.8 Å². The van der Waals surface area contributed by atoms with E-state index in [1.54, 1.807) is 7.05 Å². The molecule has 0 aliphatic heterocycles. The molecule has 2 aromatic heterocycles. The first-order chi connectivity index (χ1) is 13.0. The van der Waals surface area contributed by atoms with Crippen molar-refractivity contribution < 1.29 is 9.32 Å². The fourth-order valence-electron chi connectivity index (χ4n) is 2.66. The molecule has 1 N–H and O–H groups in total. The van der Waals surface area contributed by atoms with E-state index < -0.39 is 0 Å². The number of carbonyl (C=O) groups is 1. The van der Waals surface area contributed by atoms with E-state index in [0.717, 1.165) is 11.1 Å². The van der Waals surface area contributed by atoms with Crippen LogP contribution in [0, 0.1) is 6.92 Å². The molecule has 1 aromatic carbocycles. The number of nitrogens with zero attached hydrogens (tertiary/aromatic N) is 5. The van der Waals surface area contributed by atoms with E-state index in [4.69, 9.17) is 4.52 Å². The molecule has 0 aliphatic carbocycles. The number of benzene rings is 1. The van der Waals surface area contributed by atoms with Crippen LogP contribution in [0.25, 0.3) is 0 Å². The van der Waals surface area contributed by atoms with Gasteiger partial charge in [-0.05, 0) is 19.4 Å². The van der Waals surface area contributed by atoms with Gasteiger partial charge >= 0.3 is 6.03 Å². The maximum Gasteiger partial charge on any atom is 0.323 e. The van der Waals surface area contributed by atoms with Crippen LogP contribution in [0.5, 0.6) is 0 Å². The highest BCUT2D eigenvalue weighted by Gasteiger charge is 2.17. The van der Waals surface area contributed by atoms with Crippen molar-refractivity contribution >= 4 is 11.8 Å². The molecular weight excluding hydrogens is 344 g/mol. The lowest BCUT2D eigenvalue weighted by atomic mass is 10.1. The number of rotatable bonds is 6. The van der Waals surface area contributed by atoms with E-state index in [1.165, 1.54) is 4.90 Å². The van der Waals surface area contributed by atoms with Gasteiger partial charge in [-0.1, -0.05) is 42.4 Å². The third-order valence-corrected chi connectivity index (χ3v) is 4.36. The van der Waals surface area contributed by atoms with Gasteiger partial charge in [0.1, 0.15) is 6.54 Å². The minimum atomic E-state index is -0.285. The standard InChI is InChI=1S/C19H24N6O2/c1-5-16-20-17(27-23-16)12-24(4)19(26)21-18-13(2)11-25(22-18)14(3)15-9-7-6-8-10-15/h6-11,14H,5,12H2,1-4H3,(H,21,22,26)/t14-/m1/s1. The second kappa shape index (κ2) is 8.03. The fraction of sp³-hybridized carbons (Fsp3) is 0.368. The molecule has 0 radical (unpaired) electrons. The molecule has 27 heavy (non-hydrogen) atoms. The van der Waals surface area contributed by atoms with Gasteiger partial charge in [0, 0.05) is 25.2 Å². The molecule has 0 spiro atoms. The van der Waals surface area contributed by atoms with Crippen LogP contribution >= 0.6 is 0 Å². The Bertz CT molecular complexity index is 902. The second-order valence-corrected chi connectivity index (χ2v) is 6.47. The first kappa shape index (κ1) is 18.6. The van der Waals surface area contributed by atoms with Crippen molar-refractivity contribution in [3.8, 4) is 0 Å². The third-order valence-electron chi connectivity index (χ3n) is 4.36. The van der Waals surface area contributed by atoms with Gasteiger partial charge in [-0.15, -0.1) is 0 Å². The van der Waals surface area contributed by atoms with E-state index in [0.29, 0.717) is 24.0 Å². The van der Waals surface area contributed by atoms with E-state index in [2.05, 4.69) is 39.6 Å². The largest absolute Gasteiger partial charge is 0.337 e. The highest BCUT2D eigenvalue weighted by molar-refractivity contribution is 5.88. The molecule has 0 aliphatic rings. The van der Waals surface area contributed by atoms with Gasteiger partial charge in [0.05, 0.1) is 6.04 Å². The summed E-state index contributed by atoms with van der Waals surface area (Å²) in [6.07, 6.45) is 2.62. The summed E-state index contributed by atoms with van der Waals surface area (Å²) in [5, 5.41) is 11.2. The number of urea groups is 1. The van der Waals surface area contributed by atoms with Gasteiger partial charge in [0.25, 0.3) is 0 Å². The summed E-state index contributed by atoms with van der Waals surface area (Å²) in [7, 11) is 1.67. The van der Waals surface area contributed by atoms with E-state index in [9.17, 15) is 4.79 Å². The lowest BCUT2D eigenvalue weighted by Crippen LogP contribution is -2.31. The Morgan fingerprint density at radius 3 is 2.74 bits per heavy atom. The third kappa shape index (κ3) is 4.33. The van der Waals surface area contributed by atoms with Crippen molar-refractivity contribution in [3.63, 3.8) is 0 Å². The van der Waals surface area contributed by atoms with E-state index >= 15 is 0 Å². The number of amides is 2. The van der Waals surface area contributed by atoms with Crippen molar-refractivity contribution in [2.75, 3.05) is 12.4 Å². The van der Waals surface area contributed by atoms with Crippen molar-refractivity contribution in [3.05, 3.63) is 59.4 Å². The van der Waals surface area contributed by atoms with Gasteiger partial charge in [-0.2, -0.15) is 10.1 Å². The van der Waals surface area contributed by atoms with Crippen LogP contribution in [0.4, 0.5) is 10.6 Å². The Morgan fingerprint density at radius 1 is 1.33 bits per heavy atom. The van der Waals surface area contributed by atoms with Crippen LogP contribution in [-0.2, 0) is 13.0 Å². The van der Waals surface area contributed by atoms with Crippen LogP contribution in [0.3, 0.4) is 0 Å².